The zero-order chi connectivity index (χ0) is 16.2. The van der Waals surface area contributed by atoms with E-state index in [0.29, 0.717) is 11.4 Å². The van der Waals surface area contributed by atoms with Gasteiger partial charge < -0.3 is 9.47 Å². The predicted molar refractivity (Wildman–Crippen MR) is 88.8 cm³/mol. The molecule has 0 radical (unpaired) electrons. The molecule has 116 valence electrons. The minimum absolute atomic E-state index is 0.139. The molecule has 0 fully saturated rings. The Kier molecular flexibility index (Phi) is 4.10. The molecule has 5 heteroatoms. The van der Waals surface area contributed by atoms with Crippen LogP contribution in [0.25, 0.3) is 22.5 Å². The Bertz CT molecular complexity index is 853. The van der Waals surface area contributed by atoms with Crippen molar-refractivity contribution >= 4 is 0 Å². The molecule has 1 N–H and O–H groups in total. The highest BCUT2D eigenvalue weighted by atomic mass is 16.5. The molecule has 0 aliphatic rings. The van der Waals surface area contributed by atoms with E-state index >= 15 is 0 Å². The number of hydrogen-bond acceptors (Lipinski definition) is 4. The summed E-state index contributed by atoms with van der Waals surface area (Å²) in [6.07, 6.45) is 0. The molecule has 2 aromatic carbocycles. The van der Waals surface area contributed by atoms with Gasteiger partial charge in [-0.15, -0.1) is 0 Å². The van der Waals surface area contributed by atoms with Gasteiger partial charge in [-0.2, -0.15) is 5.10 Å². The van der Waals surface area contributed by atoms with Crippen molar-refractivity contribution in [3.63, 3.8) is 0 Å². The van der Waals surface area contributed by atoms with E-state index in [1.54, 1.807) is 32.4 Å². The summed E-state index contributed by atoms with van der Waals surface area (Å²) in [5, 5.41) is 7.15. The molecular formula is C18H16N2O3. The van der Waals surface area contributed by atoms with E-state index in [2.05, 4.69) is 10.2 Å². The standard InChI is InChI=1S/C18H16N2O3/c1-22-14-7-3-12(4-8-14)16-11-17(21)18(20-19-16)13-5-9-15(23-2)10-6-13/h3-11H,1-2H3,(H,19,21). The van der Waals surface area contributed by atoms with Crippen molar-refractivity contribution in [2.75, 3.05) is 14.2 Å². The van der Waals surface area contributed by atoms with Crippen LogP contribution in [0.2, 0.25) is 0 Å². The van der Waals surface area contributed by atoms with Crippen LogP contribution in [0.15, 0.2) is 59.4 Å². The lowest BCUT2D eigenvalue weighted by Crippen LogP contribution is -2.08. The highest BCUT2D eigenvalue weighted by Gasteiger charge is 2.08. The van der Waals surface area contributed by atoms with E-state index < -0.39 is 0 Å². The van der Waals surface area contributed by atoms with Crippen LogP contribution >= 0.6 is 0 Å². The van der Waals surface area contributed by atoms with Crippen molar-refractivity contribution in [3.8, 4) is 34.0 Å². The first-order valence-electron chi connectivity index (χ1n) is 7.10. The predicted octanol–water partition coefficient (Wildman–Crippen LogP) is 3.12. The third-order valence-electron chi connectivity index (χ3n) is 3.56. The first-order valence-corrected chi connectivity index (χ1v) is 7.10. The van der Waals surface area contributed by atoms with Gasteiger partial charge in [-0.3, -0.25) is 9.89 Å². The molecule has 1 heterocycles. The van der Waals surface area contributed by atoms with E-state index in [1.807, 2.05) is 36.4 Å². The van der Waals surface area contributed by atoms with E-state index in [4.69, 9.17) is 9.47 Å². The van der Waals surface area contributed by atoms with Gasteiger partial charge >= 0.3 is 0 Å². The van der Waals surface area contributed by atoms with Crippen LogP contribution < -0.4 is 14.9 Å². The van der Waals surface area contributed by atoms with Gasteiger partial charge in [-0.1, -0.05) is 0 Å². The number of methoxy groups -OCH3 is 2. The number of H-pyrrole nitrogens is 1. The van der Waals surface area contributed by atoms with E-state index in [1.165, 1.54) is 0 Å². The van der Waals surface area contributed by atoms with Crippen molar-refractivity contribution in [1.29, 1.82) is 0 Å². The van der Waals surface area contributed by atoms with Crippen LogP contribution in [0.3, 0.4) is 0 Å². The SMILES string of the molecule is COc1ccc(-c2cc(=O)c(-c3ccc(OC)cc3)n[nH]2)cc1. The normalized spacial score (nSPS) is 10.3. The highest BCUT2D eigenvalue weighted by molar-refractivity contribution is 5.64. The van der Waals surface area contributed by atoms with Crippen LogP contribution in [-0.2, 0) is 0 Å². The molecule has 5 nitrogen and oxygen atoms in total. The second-order valence-corrected chi connectivity index (χ2v) is 4.95. The minimum Gasteiger partial charge on any atom is -0.497 e. The Morgan fingerprint density at radius 1 is 0.826 bits per heavy atom. The maximum absolute atomic E-state index is 12.4. The maximum Gasteiger partial charge on any atom is 0.208 e. The molecule has 0 amide bonds. The molecule has 0 unspecified atom stereocenters. The summed E-state index contributed by atoms with van der Waals surface area (Å²) in [4.78, 5) is 12.4. The molecule has 23 heavy (non-hydrogen) atoms. The van der Waals surface area contributed by atoms with Gasteiger partial charge in [0.05, 0.1) is 19.9 Å². The summed E-state index contributed by atoms with van der Waals surface area (Å²) in [5.41, 5.74) is 2.52. The van der Waals surface area contributed by atoms with Gasteiger partial charge in [0.15, 0.2) is 0 Å². The molecule has 0 saturated carbocycles. The zero-order valence-electron chi connectivity index (χ0n) is 12.9. The molecule has 0 aliphatic heterocycles. The van der Waals surface area contributed by atoms with Crippen molar-refractivity contribution in [3.05, 3.63) is 64.8 Å². The van der Waals surface area contributed by atoms with Crippen molar-refractivity contribution < 1.29 is 9.47 Å². The smallest absolute Gasteiger partial charge is 0.208 e. The quantitative estimate of drug-likeness (QED) is 0.804. The number of nitrogens with zero attached hydrogens (tertiary/aromatic N) is 1. The Labute approximate surface area is 133 Å². The lowest BCUT2D eigenvalue weighted by atomic mass is 10.1. The largest absolute Gasteiger partial charge is 0.497 e. The molecular weight excluding hydrogens is 292 g/mol. The second kappa shape index (κ2) is 6.36. The third-order valence-corrected chi connectivity index (χ3v) is 3.56. The van der Waals surface area contributed by atoms with Crippen LogP contribution in [0, 0.1) is 0 Å². The van der Waals surface area contributed by atoms with E-state index in [9.17, 15) is 4.79 Å². The van der Waals surface area contributed by atoms with Gasteiger partial charge in [-0.25, -0.2) is 0 Å². The summed E-state index contributed by atoms with van der Waals surface area (Å²) in [6, 6.07) is 16.2. The number of hydrogen-bond donors (Lipinski definition) is 1. The second-order valence-electron chi connectivity index (χ2n) is 4.95. The fraction of sp³-hybridized carbons (Fsp3) is 0.111. The zero-order valence-corrected chi connectivity index (χ0v) is 12.9. The average Bonchev–Trinajstić information content (AvgIpc) is 2.62. The molecule has 0 atom stereocenters. The lowest BCUT2D eigenvalue weighted by molar-refractivity contribution is 0.414. The van der Waals surface area contributed by atoms with Crippen LogP contribution in [0.5, 0.6) is 11.5 Å². The molecule has 3 aromatic rings. The van der Waals surface area contributed by atoms with Gasteiger partial charge in [0.2, 0.25) is 5.43 Å². The van der Waals surface area contributed by atoms with Gasteiger partial charge in [0.25, 0.3) is 0 Å². The Morgan fingerprint density at radius 3 is 1.83 bits per heavy atom. The summed E-state index contributed by atoms with van der Waals surface area (Å²) in [5.74, 6) is 1.50. The van der Waals surface area contributed by atoms with Gasteiger partial charge in [-0.05, 0) is 54.1 Å². The number of aromatic nitrogens is 2. The first kappa shape index (κ1) is 14.8. The minimum atomic E-state index is -0.139. The van der Waals surface area contributed by atoms with Crippen molar-refractivity contribution in [2.45, 2.75) is 0 Å². The number of benzene rings is 2. The average molecular weight is 308 g/mol. The molecule has 0 spiro atoms. The topological polar surface area (TPSA) is 64.2 Å². The summed E-state index contributed by atoms with van der Waals surface area (Å²) in [6.45, 7) is 0. The van der Waals surface area contributed by atoms with E-state index in [-0.39, 0.29) is 5.43 Å². The maximum atomic E-state index is 12.4. The highest BCUT2D eigenvalue weighted by Crippen LogP contribution is 2.21. The molecule has 0 saturated heterocycles. The van der Waals surface area contributed by atoms with Crippen LogP contribution in [-0.4, -0.2) is 24.4 Å². The fourth-order valence-corrected chi connectivity index (χ4v) is 2.28. The number of nitrogens with one attached hydrogen (secondary N) is 1. The van der Waals surface area contributed by atoms with E-state index in [0.717, 1.165) is 22.6 Å². The van der Waals surface area contributed by atoms with Crippen molar-refractivity contribution in [1.82, 2.24) is 10.2 Å². The Hall–Kier alpha value is -3.08. The monoisotopic (exact) mass is 308 g/mol. The van der Waals surface area contributed by atoms with Gasteiger partial charge in [0.1, 0.15) is 17.2 Å². The number of rotatable bonds is 4. The first-order chi connectivity index (χ1) is 11.2. The van der Waals surface area contributed by atoms with Crippen LogP contribution in [0.4, 0.5) is 0 Å². The Balaban J connectivity index is 1.94. The lowest BCUT2D eigenvalue weighted by Gasteiger charge is -2.06. The number of ether oxygens (including phenoxy) is 2. The molecule has 3 rings (SSSR count). The fourth-order valence-electron chi connectivity index (χ4n) is 2.28. The number of aromatic amines is 1. The van der Waals surface area contributed by atoms with Gasteiger partial charge in [0, 0.05) is 11.6 Å². The molecule has 0 aliphatic carbocycles. The summed E-state index contributed by atoms with van der Waals surface area (Å²) in [7, 11) is 3.21. The third kappa shape index (κ3) is 3.08. The Morgan fingerprint density at radius 2 is 1.35 bits per heavy atom. The molecule has 0 bridgehead atoms. The summed E-state index contributed by atoms with van der Waals surface area (Å²) >= 11 is 0. The van der Waals surface area contributed by atoms with Crippen LogP contribution in [0.1, 0.15) is 0 Å². The summed E-state index contributed by atoms with van der Waals surface area (Å²) < 4.78 is 10.2. The molecule has 1 aromatic heterocycles. The van der Waals surface area contributed by atoms with Crippen molar-refractivity contribution in [2.24, 2.45) is 0 Å².